The van der Waals surface area contributed by atoms with Crippen molar-refractivity contribution < 1.29 is 64.1 Å². The van der Waals surface area contributed by atoms with E-state index in [2.05, 4.69) is 16.0 Å². The maximum atomic E-state index is 13.3. The van der Waals surface area contributed by atoms with Crippen LogP contribution in [0, 0.1) is 0 Å². The quantitative estimate of drug-likeness (QED) is 0.120. The number of nitrogens with one attached hydrogen (secondary N) is 3. The average Bonchev–Trinajstić information content (AvgIpc) is 3.09. The zero-order valence-electron chi connectivity index (χ0n) is 24.3. The van der Waals surface area contributed by atoms with Crippen molar-refractivity contribution in [1.29, 1.82) is 0 Å². The van der Waals surface area contributed by atoms with Crippen molar-refractivity contribution in [2.75, 3.05) is 18.5 Å². The fourth-order valence-electron chi connectivity index (χ4n) is 4.65. The van der Waals surface area contributed by atoms with Crippen molar-refractivity contribution in [2.45, 2.75) is 75.4 Å². The Morgan fingerprint density at radius 3 is 2.36 bits per heavy atom. The molecule has 0 aromatic heterocycles. The molecule has 246 valence electrons. The van der Waals surface area contributed by atoms with Crippen LogP contribution in [0.3, 0.4) is 0 Å². The standard InChI is InChI=1S/C29H37N3O13/c1-14(30-22(36)10-11-44-29-20(35)12-19(34)25(39)21(13-33)45-29)26(40)31-17-7-6-15-4-2-3-5-16(15)24(17)27(41)32-18(28(42)43)8-9-23(37)38/h2-7,14,18-21,25,29,33-35,39H,8-13H2,1H3,(H,30,36)(H,31,40)(H,32,41)(H,37,38)(H,42,43). The van der Waals surface area contributed by atoms with E-state index in [0.29, 0.717) is 10.8 Å². The molecule has 0 spiro atoms. The summed E-state index contributed by atoms with van der Waals surface area (Å²) in [4.78, 5) is 61.5. The van der Waals surface area contributed by atoms with Crippen molar-refractivity contribution in [3.8, 4) is 0 Å². The Labute approximate surface area is 256 Å². The lowest BCUT2D eigenvalue weighted by atomic mass is 10.0. The number of carbonyl (C=O) groups excluding carboxylic acids is 3. The summed E-state index contributed by atoms with van der Waals surface area (Å²) < 4.78 is 10.7. The second kappa shape index (κ2) is 16.2. The molecule has 3 amide bonds. The maximum absolute atomic E-state index is 13.3. The highest BCUT2D eigenvalue weighted by atomic mass is 16.7. The molecule has 7 unspecified atom stereocenters. The van der Waals surface area contributed by atoms with E-state index in [9.17, 15) is 49.5 Å². The summed E-state index contributed by atoms with van der Waals surface area (Å²) in [5.41, 5.74) is -0.0429. The Morgan fingerprint density at radius 2 is 1.69 bits per heavy atom. The topological polar surface area (TPSA) is 261 Å². The molecule has 16 nitrogen and oxygen atoms in total. The Balaban J connectivity index is 1.65. The van der Waals surface area contributed by atoms with E-state index in [0.717, 1.165) is 0 Å². The second-order valence-electron chi connectivity index (χ2n) is 10.5. The van der Waals surface area contributed by atoms with Gasteiger partial charge in [0.1, 0.15) is 30.4 Å². The monoisotopic (exact) mass is 635 g/mol. The molecule has 0 aliphatic carbocycles. The summed E-state index contributed by atoms with van der Waals surface area (Å²) in [5.74, 6) is -4.87. The molecule has 1 fully saturated rings. The molecule has 1 heterocycles. The number of aliphatic hydroxyl groups is 4. The van der Waals surface area contributed by atoms with Gasteiger partial charge >= 0.3 is 11.9 Å². The number of carboxylic acids is 2. The Hall–Kier alpha value is -4.19. The minimum Gasteiger partial charge on any atom is -0.481 e. The molecule has 1 aliphatic heterocycles. The predicted molar refractivity (Wildman–Crippen MR) is 155 cm³/mol. The van der Waals surface area contributed by atoms with E-state index in [-0.39, 0.29) is 37.1 Å². The number of aliphatic carboxylic acids is 2. The molecule has 3 rings (SSSR count). The zero-order valence-corrected chi connectivity index (χ0v) is 24.3. The van der Waals surface area contributed by atoms with Crippen LogP contribution in [0.5, 0.6) is 0 Å². The number of fused-ring (bicyclic) bond motifs is 1. The third-order valence-electron chi connectivity index (χ3n) is 7.11. The smallest absolute Gasteiger partial charge is 0.326 e. The number of benzene rings is 2. The first-order valence-corrected chi connectivity index (χ1v) is 14.1. The summed E-state index contributed by atoms with van der Waals surface area (Å²) in [6, 6.07) is 7.10. The molecular formula is C29H37N3O13. The van der Waals surface area contributed by atoms with E-state index >= 15 is 0 Å². The fraction of sp³-hybridized carbons (Fsp3) is 0.483. The van der Waals surface area contributed by atoms with Crippen LogP contribution in [-0.2, 0) is 28.7 Å². The van der Waals surface area contributed by atoms with Crippen molar-refractivity contribution >= 4 is 46.1 Å². The van der Waals surface area contributed by atoms with Crippen molar-refractivity contribution in [3.05, 3.63) is 42.0 Å². The number of carbonyl (C=O) groups is 5. The van der Waals surface area contributed by atoms with Crippen LogP contribution in [-0.4, -0.2) is 116 Å². The normalized spacial score (nSPS) is 22.9. The highest BCUT2D eigenvalue weighted by Gasteiger charge is 2.38. The molecule has 7 atom stereocenters. The van der Waals surface area contributed by atoms with Crippen LogP contribution >= 0.6 is 0 Å². The lowest BCUT2D eigenvalue weighted by Gasteiger charge is -2.25. The van der Waals surface area contributed by atoms with E-state index in [1.165, 1.54) is 13.0 Å². The molecule has 2 aromatic rings. The Bertz CT molecular complexity index is 1390. The molecule has 0 radical (unpaired) electrons. The molecule has 0 saturated carbocycles. The predicted octanol–water partition coefficient (Wildman–Crippen LogP) is -1.07. The van der Waals surface area contributed by atoms with Gasteiger partial charge in [-0.3, -0.25) is 19.2 Å². The molecule has 2 aromatic carbocycles. The van der Waals surface area contributed by atoms with Crippen LogP contribution < -0.4 is 16.0 Å². The van der Waals surface area contributed by atoms with Crippen molar-refractivity contribution in [2.24, 2.45) is 0 Å². The van der Waals surface area contributed by atoms with E-state index < -0.39 is 85.5 Å². The van der Waals surface area contributed by atoms with Crippen LogP contribution in [0.25, 0.3) is 10.8 Å². The Kier molecular flexibility index (Phi) is 12.7. The van der Waals surface area contributed by atoms with Gasteiger partial charge in [0, 0.05) is 12.8 Å². The fourth-order valence-corrected chi connectivity index (χ4v) is 4.65. The Morgan fingerprint density at radius 1 is 0.978 bits per heavy atom. The number of ether oxygens (including phenoxy) is 2. The van der Waals surface area contributed by atoms with Crippen molar-refractivity contribution in [3.63, 3.8) is 0 Å². The second-order valence-corrected chi connectivity index (χ2v) is 10.5. The lowest BCUT2D eigenvalue weighted by molar-refractivity contribution is -0.225. The molecule has 16 heteroatoms. The molecular weight excluding hydrogens is 598 g/mol. The number of hydrogen-bond donors (Lipinski definition) is 9. The molecule has 45 heavy (non-hydrogen) atoms. The van der Waals surface area contributed by atoms with E-state index in [1.807, 2.05) is 0 Å². The first-order chi connectivity index (χ1) is 21.3. The molecule has 1 aliphatic rings. The molecule has 9 N–H and O–H groups in total. The highest BCUT2D eigenvalue weighted by Crippen LogP contribution is 2.27. The summed E-state index contributed by atoms with van der Waals surface area (Å²) in [6.45, 7) is 0.450. The minimum absolute atomic E-state index is 0.0188. The first-order valence-electron chi connectivity index (χ1n) is 14.1. The van der Waals surface area contributed by atoms with Gasteiger partial charge in [-0.2, -0.15) is 0 Å². The van der Waals surface area contributed by atoms with Crippen molar-refractivity contribution in [1.82, 2.24) is 10.6 Å². The minimum atomic E-state index is -1.51. The van der Waals surface area contributed by atoms with Gasteiger partial charge in [-0.1, -0.05) is 30.3 Å². The summed E-state index contributed by atoms with van der Waals surface area (Å²) in [6.07, 6.45) is -8.17. The van der Waals surface area contributed by atoms with Gasteiger partial charge in [0.25, 0.3) is 5.91 Å². The number of amides is 3. The summed E-state index contributed by atoms with van der Waals surface area (Å²) >= 11 is 0. The van der Waals surface area contributed by atoms with Gasteiger partial charge in [-0.25, -0.2) is 4.79 Å². The zero-order chi connectivity index (χ0) is 33.3. The van der Waals surface area contributed by atoms with Gasteiger partial charge in [0.15, 0.2) is 6.29 Å². The number of carboxylic acid groups (broad SMARTS) is 2. The van der Waals surface area contributed by atoms with E-state index in [1.54, 1.807) is 30.3 Å². The number of anilines is 1. The van der Waals surface area contributed by atoms with Crippen LogP contribution in [0.1, 0.15) is 43.0 Å². The van der Waals surface area contributed by atoms with Crippen LogP contribution in [0.15, 0.2) is 36.4 Å². The van der Waals surface area contributed by atoms with Gasteiger partial charge in [-0.15, -0.1) is 0 Å². The van der Waals surface area contributed by atoms with Gasteiger partial charge in [0.05, 0.1) is 37.0 Å². The average molecular weight is 636 g/mol. The summed E-state index contributed by atoms with van der Waals surface area (Å²) in [5, 5.41) is 66.2. The third-order valence-corrected chi connectivity index (χ3v) is 7.11. The largest absolute Gasteiger partial charge is 0.481 e. The van der Waals surface area contributed by atoms with Crippen LogP contribution in [0.2, 0.25) is 0 Å². The highest BCUT2D eigenvalue weighted by molar-refractivity contribution is 6.14. The van der Waals surface area contributed by atoms with Crippen LogP contribution in [0.4, 0.5) is 5.69 Å². The molecule has 1 saturated heterocycles. The number of hydrogen-bond acceptors (Lipinski definition) is 11. The maximum Gasteiger partial charge on any atom is 0.326 e. The van der Waals surface area contributed by atoms with E-state index in [4.69, 9.17) is 14.6 Å². The molecule has 0 bridgehead atoms. The van der Waals surface area contributed by atoms with Gasteiger partial charge < -0.3 is 56.1 Å². The lowest BCUT2D eigenvalue weighted by Crippen LogP contribution is -2.43. The SMILES string of the molecule is CC(NC(=O)CCOC1OC(CO)C(O)C(O)CC1O)C(=O)Nc1ccc2ccccc2c1C(=O)NC(CCC(=O)O)C(=O)O. The first kappa shape index (κ1) is 35.3. The van der Waals surface area contributed by atoms with Gasteiger partial charge in [-0.05, 0) is 30.2 Å². The summed E-state index contributed by atoms with van der Waals surface area (Å²) in [7, 11) is 0. The third kappa shape index (κ3) is 9.65. The number of rotatable bonds is 14. The number of aliphatic hydroxyl groups excluding tert-OH is 4. The van der Waals surface area contributed by atoms with Gasteiger partial charge in [0.2, 0.25) is 11.8 Å².